The zero-order chi connectivity index (χ0) is 13.2. The zero-order valence-corrected chi connectivity index (χ0v) is 11.2. The maximum atomic E-state index is 5.58. The number of nitrogens with one attached hydrogen (secondary N) is 1. The van der Waals surface area contributed by atoms with E-state index in [1.165, 1.54) is 27.4 Å². The second-order valence-corrected chi connectivity index (χ2v) is 5.04. The fourth-order valence-corrected chi connectivity index (χ4v) is 2.70. The average molecular weight is 253 g/mol. The van der Waals surface area contributed by atoms with Gasteiger partial charge < -0.3 is 10.7 Å². The van der Waals surface area contributed by atoms with Crippen molar-refractivity contribution in [3.8, 4) is 0 Å². The van der Waals surface area contributed by atoms with Gasteiger partial charge in [-0.1, -0.05) is 18.2 Å². The van der Waals surface area contributed by atoms with Crippen molar-refractivity contribution < 1.29 is 0 Å². The number of hydrogen-bond donors (Lipinski definition) is 2. The largest absolute Gasteiger partial charge is 0.353 e. The number of H-pyrrole nitrogens is 1. The number of pyridine rings is 1. The molecular weight excluding hydrogens is 234 g/mol. The number of aromatic nitrogens is 2. The highest BCUT2D eigenvalue weighted by Crippen LogP contribution is 2.30. The summed E-state index contributed by atoms with van der Waals surface area (Å²) in [5.41, 5.74) is 10.3. The van der Waals surface area contributed by atoms with Gasteiger partial charge in [-0.05, 0) is 44.4 Å². The lowest BCUT2D eigenvalue weighted by Gasteiger charge is -2.05. The SMILES string of the molecule is Cc1ncc(CCCCN)c2c1[nH]c1ccccc12. The van der Waals surface area contributed by atoms with Crippen molar-refractivity contribution in [2.75, 3.05) is 6.54 Å². The summed E-state index contributed by atoms with van der Waals surface area (Å²) in [6.45, 7) is 2.82. The van der Waals surface area contributed by atoms with Gasteiger partial charge in [0.2, 0.25) is 0 Å². The van der Waals surface area contributed by atoms with Crippen LogP contribution < -0.4 is 5.73 Å². The number of rotatable bonds is 4. The minimum atomic E-state index is 0.760. The zero-order valence-electron chi connectivity index (χ0n) is 11.2. The van der Waals surface area contributed by atoms with E-state index in [0.717, 1.165) is 31.5 Å². The Morgan fingerprint density at radius 1 is 1.21 bits per heavy atom. The van der Waals surface area contributed by atoms with Crippen molar-refractivity contribution in [3.05, 3.63) is 41.7 Å². The van der Waals surface area contributed by atoms with Gasteiger partial charge in [0.1, 0.15) is 0 Å². The standard InChI is InChI=1S/C16H19N3/c1-11-16-15(12(10-18-11)6-4-5-9-17)13-7-2-3-8-14(13)19-16/h2-3,7-8,10,19H,4-6,9,17H2,1H3. The first-order valence-electron chi connectivity index (χ1n) is 6.86. The first kappa shape index (κ1) is 12.2. The van der Waals surface area contributed by atoms with Crippen LogP contribution in [0.1, 0.15) is 24.1 Å². The molecule has 1 aromatic carbocycles. The summed E-state index contributed by atoms with van der Waals surface area (Å²) >= 11 is 0. The Morgan fingerprint density at radius 3 is 2.89 bits per heavy atom. The Hall–Kier alpha value is -1.87. The Labute approximate surface area is 112 Å². The molecule has 3 heteroatoms. The van der Waals surface area contributed by atoms with Crippen molar-refractivity contribution >= 4 is 21.8 Å². The van der Waals surface area contributed by atoms with Crippen molar-refractivity contribution in [3.63, 3.8) is 0 Å². The third kappa shape index (κ3) is 2.10. The first-order chi connectivity index (χ1) is 9.31. The van der Waals surface area contributed by atoms with Crippen LogP contribution in [0.5, 0.6) is 0 Å². The number of para-hydroxylation sites is 1. The number of aryl methyl sites for hydroxylation is 2. The number of fused-ring (bicyclic) bond motifs is 3. The number of nitrogens with two attached hydrogens (primary N) is 1. The third-order valence-corrected chi connectivity index (χ3v) is 3.70. The molecule has 0 aliphatic carbocycles. The molecule has 3 nitrogen and oxygen atoms in total. The van der Waals surface area contributed by atoms with Gasteiger partial charge in [0.15, 0.2) is 0 Å². The van der Waals surface area contributed by atoms with Crippen LogP contribution in [0, 0.1) is 6.92 Å². The van der Waals surface area contributed by atoms with Crippen LogP contribution in [0.15, 0.2) is 30.5 Å². The monoisotopic (exact) mass is 253 g/mol. The van der Waals surface area contributed by atoms with Crippen LogP contribution in [0.3, 0.4) is 0 Å². The van der Waals surface area contributed by atoms with Crippen molar-refractivity contribution in [2.45, 2.75) is 26.2 Å². The Balaban J connectivity index is 2.19. The second kappa shape index (κ2) is 5.02. The van der Waals surface area contributed by atoms with E-state index in [-0.39, 0.29) is 0 Å². The average Bonchev–Trinajstić information content (AvgIpc) is 2.82. The van der Waals surface area contributed by atoms with Crippen LogP contribution in [-0.4, -0.2) is 16.5 Å². The van der Waals surface area contributed by atoms with Gasteiger partial charge in [-0.25, -0.2) is 0 Å². The van der Waals surface area contributed by atoms with Gasteiger partial charge in [-0.15, -0.1) is 0 Å². The summed E-state index contributed by atoms with van der Waals surface area (Å²) in [5.74, 6) is 0. The summed E-state index contributed by atoms with van der Waals surface area (Å²) in [7, 11) is 0. The molecule has 0 aliphatic heterocycles. The summed E-state index contributed by atoms with van der Waals surface area (Å²) in [6, 6.07) is 8.46. The molecule has 0 saturated heterocycles. The van der Waals surface area contributed by atoms with Crippen LogP contribution in [-0.2, 0) is 6.42 Å². The van der Waals surface area contributed by atoms with Gasteiger partial charge in [0, 0.05) is 22.5 Å². The fraction of sp³-hybridized carbons (Fsp3) is 0.312. The molecule has 0 atom stereocenters. The van der Waals surface area contributed by atoms with E-state index < -0.39 is 0 Å². The molecule has 0 amide bonds. The number of unbranched alkanes of at least 4 members (excludes halogenated alkanes) is 1. The molecule has 0 radical (unpaired) electrons. The lowest BCUT2D eigenvalue weighted by atomic mass is 10.0. The number of benzene rings is 1. The minimum absolute atomic E-state index is 0.760. The summed E-state index contributed by atoms with van der Waals surface area (Å²) < 4.78 is 0. The lowest BCUT2D eigenvalue weighted by molar-refractivity contribution is 0.746. The maximum Gasteiger partial charge on any atom is 0.0683 e. The Bertz CT molecular complexity index is 712. The molecule has 0 spiro atoms. The Kier molecular flexibility index (Phi) is 3.22. The molecule has 2 heterocycles. The molecule has 19 heavy (non-hydrogen) atoms. The van der Waals surface area contributed by atoms with E-state index in [1.54, 1.807) is 0 Å². The molecule has 2 aromatic heterocycles. The molecule has 3 N–H and O–H groups in total. The third-order valence-electron chi connectivity index (χ3n) is 3.70. The van der Waals surface area contributed by atoms with Gasteiger partial charge >= 0.3 is 0 Å². The summed E-state index contributed by atoms with van der Waals surface area (Å²) in [5, 5.41) is 2.63. The van der Waals surface area contributed by atoms with Gasteiger partial charge in [-0.3, -0.25) is 4.98 Å². The molecule has 0 saturated carbocycles. The van der Waals surface area contributed by atoms with E-state index in [0.29, 0.717) is 0 Å². The number of aromatic amines is 1. The molecule has 3 rings (SSSR count). The maximum absolute atomic E-state index is 5.58. The minimum Gasteiger partial charge on any atom is -0.353 e. The number of hydrogen-bond acceptors (Lipinski definition) is 2. The summed E-state index contributed by atoms with van der Waals surface area (Å²) in [4.78, 5) is 8.01. The quantitative estimate of drug-likeness (QED) is 0.701. The van der Waals surface area contributed by atoms with E-state index in [2.05, 4.69) is 41.2 Å². The number of nitrogens with zero attached hydrogens (tertiary/aromatic N) is 1. The Morgan fingerprint density at radius 2 is 2.05 bits per heavy atom. The molecule has 0 aliphatic rings. The van der Waals surface area contributed by atoms with Crippen LogP contribution in [0.2, 0.25) is 0 Å². The fourth-order valence-electron chi connectivity index (χ4n) is 2.70. The molecule has 98 valence electrons. The smallest absolute Gasteiger partial charge is 0.0683 e. The summed E-state index contributed by atoms with van der Waals surface area (Å²) in [6.07, 6.45) is 5.25. The van der Waals surface area contributed by atoms with E-state index in [4.69, 9.17) is 5.73 Å². The van der Waals surface area contributed by atoms with Crippen molar-refractivity contribution in [2.24, 2.45) is 5.73 Å². The molecule has 0 bridgehead atoms. The van der Waals surface area contributed by atoms with Crippen LogP contribution in [0.25, 0.3) is 21.8 Å². The van der Waals surface area contributed by atoms with Crippen molar-refractivity contribution in [1.29, 1.82) is 0 Å². The van der Waals surface area contributed by atoms with Gasteiger partial charge in [0.25, 0.3) is 0 Å². The predicted molar refractivity (Wildman–Crippen MR) is 80.3 cm³/mol. The van der Waals surface area contributed by atoms with Crippen LogP contribution in [0.4, 0.5) is 0 Å². The predicted octanol–water partition coefficient (Wildman–Crippen LogP) is 3.31. The van der Waals surface area contributed by atoms with Crippen molar-refractivity contribution in [1.82, 2.24) is 9.97 Å². The van der Waals surface area contributed by atoms with E-state index >= 15 is 0 Å². The normalized spacial score (nSPS) is 11.5. The second-order valence-electron chi connectivity index (χ2n) is 5.04. The van der Waals surface area contributed by atoms with E-state index in [9.17, 15) is 0 Å². The van der Waals surface area contributed by atoms with E-state index in [1.807, 2.05) is 6.20 Å². The van der Waals surface area contributed by atoms with Gasteiger partial charge in [-0.2, -0.15) is 0 Å². The highest BCUT2D eigenvalue weighted by molar-refractivity contribution is 6.09. The van der Waals surface area contributed by atoms with Crippen LogP contribution >= 0.6 is 0 Å². The molecular formula is C16H19N3. The first-order valence-corrected chi connectivity index (χ1v) is 6.86. The molecule has 0 unspecified atom stereocenters. The topological polar surface area (TPSA) is 54.7 Å². The molecule has 0 fully saturated rings. The lowest BCUT2D eigenvalue weighted by Crippen LogP contribution is -1.99. The molecule has 3 aromatic rings. The highest BCUT2D eigenvalue weighted by Gasteiger charge is 2.11. The van der Waals surface area contributed by atoms with Gasteiger partial charge in [0.05, 0.1) is 11.2 Å². The highest BCUT2D eigenvalue weighted by atomic mass is 14.8.